The molecule has 0 unspecified atom stereocenters. The Balaban J connectivity index is 1.31. The van der Waals surface area contributed by atoms with Crippen LogP contribution in [0, 0.1) is 0 Å². The quantitative estimate of drug-likeness (QED) is 0.451. The molecule has 2 amide bonds. The number of aromatic nitrogens is 1. The van der Waals surface area contributed by atoms with Crippen LogP contribution >= 0.6 is 0 Å². The Hall–Kier alpha value is -4.06. The van der Waals surface area contributed by atoms with Gasteiger partial charge < -0.3 is 19.9 Å². The lowest BCUT2D eigenvalue weighted by molar-refractivity contribution is -0.116. The number of benzene rings is 3. The Morgan fingerprint density at radius 1 is 0.839 bits per heavy atom. The summed E-state index contributed by atoms with van der Waals surface area (Å²) in [5.74, 6) is 0.429. The molecule has 0 saturated carbocycles. The zero-order chi connectivity index (χ0) is 21.6. The van der Waals surface area contributed by atoms with E-state index < -0.39 is 0 Å². The summed E-state index contributed by atoms with van der Waals surface area (Å²) in [6, 6.07) is 24.1. The summed E-state index contributed by atoms with van der Waals surface area (Å²) in [6.45, 7) is 0.599. The van der Waals surface area contributed by atoms with Crippen molar-refractivity contribution >= 4 is 34.1 Å². The molecule has 0 fully saturated rings. The van der Waals surface area contributed by atoms with Crippen LogP contribution < -0.4 is 15.4 Å². The van der Waals surface area contributed by atoms with Crippen LogP contribution in [-0.4, -0.2) is 23.5 Å². The zero-order valence-electron chi connectivity index (χ0n) is 17.2. The maximum Gasteiger partial charge on any atom is 0.255 e. The summed E-state index contributed by atoms with van der Waals surface area (Å²) in [5, 5.41) is 6.88. The predicted molar refractivity (Wildman–Crippen MR) is 123 cm³/mol. The zero-order valence-corrected chi connectivity index (χ0v) is 17.2. The lowest BCUT2D eigenvalue weighted by Crippen LogP contribution is -2.15. The van der Waals surface area contributed by atoms with Crippen molar-refractivity contribution in [2.75, 3.05) is 17.7 Å². The van der Waals surface area contributed by atoms with Gasteiger partial charge in [0.1, 0.15) is 5.75 Å². The number of hydrogen-bond donors (Lipinski definition) is 2. The van der Waals surface area contributed by atoms with Gasteiger partial charge in [0.05, 0.1) is 7.11 Å². The van der Waals surface area contributed by atoms with E-state index in [9.17, 15) is 9.59 Å². The van der Waals surface area contributed by atoms with Gasteiger partial charge in [-0.05, 0) is 66.0 Å². The number of amides is 2. The number of methoxy groups -OCH3 is 1. The van der Waals surface area contributed by atoms with E-state index in [4.69, 9.17) is 4.74 Å². The lowest BCUT2D eigenvalue weighted by Gasteiger charge is -2.09. The Morgan fingerprint density at radius 3 is 2.26 bits per heavy atom. The van der Waals surface area contributed by atoms with Gasteiger partial charge in [0.15, 0.2) is 0 Å². The largest absolute Gasteiger partial charge is 0.497 e. The second-order valence-corrected chi connectivity index (χ2v) is 7.13. The van der Waals surface area contributed by atoms with Gasteiger partial charge in [-0.25, -0.2) is 0 Å². The molecular formula is C25H23N3O3. The first-order chi connectivity index (χ1) is 15.1. The van der Waals surface area contributed by atoms with Crippen molar-refractivity contribution in [3.05, 3.63) is 90.6 Å². The van der Waals surface area contributed by atoms with Crippen LogP contribution in [0.5, 0.6) is 5.75 Å². The predicted octanol–water partition coefficient (Wildman–Crippen LogP) is 4.93. The number of aryl methyl sites for hydroxylation is 1. The van der Waals surface area contributed by atoms with Crippen molar-refractivity contribution in [1.29, 1.82) is 0 Å². The summed E-state index contributed by atoms with van der Waals surface area (Å²) < 4.78 is 7.18. The molecule has 0 saturated heterocycles. The van der Waals surface area contributed by atoms with Crippen LogP contribution in [0.2, 0.25) is 0 Å². The van der Waals surface area contributed by atoms with Crippen LogP contribution in [0.1, 0.15) is 16.8 Å². The molecule has 3 aromatic carbocycles. The Kier molecular flexibility index (Phi) is 5.98. The topological polar surface area (TPSA) is 72.4 Å². The SMILES string of the molecule is COc1ccc(NC(=O)c2ccc(NC(=O)CCn3ccc4ccccc43)cc2)cc1. The van der Waals surface area contributed by atoms with Gasteiger partial charge in [-0.15, -0.1) is 0 Å². The van der Waals surface area contributed by atoms with Crippen LogP contribution in [-0.2, 0) is 11.3 Å². The van der Waals surface area contributed by atoms with E-state index in [2.05, 4.69) is 21.3 Å². The normalized spacial score (nSPS) is 10.6. The third kappa shape index (κ3) is 4.93. The molecule has 0 atom stereocenters. The number of ether oxygens (including phenoxy) is 1. The van der Waals surface area contributed by atoms with Crippen LogP contribution in [0.15, 0.2) is 85.1 Å². The molecule has 6 heteroatoms. The molecule has 0 bridgehead atoms. The summed E-state index contributed by atoms with van der Waals surface area (Å²) in [6.07, 6.45) is 2.35. The maximum atomic E-state index is 12.4. The number of fused-ring (bicyclic) bond motifs is 1. The molecule has 6 nitrogen and oxygen atoms in total. The van der Waals surface area contributed by atoms with E-state index in [0.717, 1.165) is 16.7 Å². The molecule has 4 aromatic rings. The molecule has 0 aliphatic rings. The van der Waals surface area contributed by atoms with Crippen LogP contribution in [0.4, 0.5) is 11.4 Å². The Morgan fingerprint density at radius 2 is 1.52 bits per heavy atom. The molecule has 4 rings (SSSR count). The fraction of sp³-hybridized carbons (Fsp3) is 0.120. The molecule has 2 N–H and O–H groups in total. The van der Waals surface area contributed by atoms with Gasteiger partial charge in [0.2, 0.25) is 5.91 Å². The second-order valence-electron chi connectivity index (χ2n) is 7.13. The minimum absolute atomic E-state index is 0.0757. The highest BCUT2D eigenvalue weighted by atomic mass is 16.5. The van der Waals surface area contributed by atoms with E-state index in [0.29, 0.717) is 29.9 Å². The number of anilines is 2. The molecule has 0 aliphatic carbocycles. The molecule has 31 heavy (non-hydrogen) atoms. The number of para-hydroxylation sites is 1. The summed E-state index contributed by atoms with van der Waals surface area (Å²) >= 11 is 0. The molecular weight excluding hydrogens is 390 g/mol. The molecule has 0 aliphatic heterocycles. The third-order valence-electron chi connectivity index (χ3n) is 5.04. The minimum Gasteiger partial charge on any atom is -0.497 e. The minimum atomic E-state index is -0.220. The average molecular weight is 413 g/mol. The van der Waals surface area contributed by atoms with Gasteiger partial charge in [-0.1, -0.05) is 18.2 Å². The number of rotatable bonds is 7. The van der Waals surface area contributed by atoms with Gasteiger partial charge >= 0.3 is 0 Å². The van der Waals surface area contributed by atoms with Crippen molar-refractivity contribution in [3.8, 4) is 5.75 Å². The number of nitrogens with zero attached hydrogens (tertiary/aromatic N) is 1. The summed E-state index contributed by atoms with van der Waals surface area (Å²) in [7, 11) is 1.59. The van der Waals surface area contributed by atoms with E-state index in [-0.39, 0.29) is 11.8 Å². The summed E-state index contributed by atoms with van der Waals surface area (Å²) in [4.78, 5) is 24.8. The molecule has 156 valence electrons. The van der Waals surface area contributed by atoms with E-state index >= 15 is 0 Å². The molecule has 1 aromatic heterocycles. The standard InChI is InChI=1S/C25H23N3O3/c1-31-22-12-10-21(11-13-22)27-25(30)19-6-8-20(9-7-19)26-24(29)15-17-28-16-14-18-4-2-3-5-23(18)28/h2-14,16H,15,17H2,1H3,(H,26,29)(H,27,30). The third-order valence-corrected chi connectivity index (χ3v) is 5.04. The fourth-order valence-electron chi connectivity index (χ4n) is 3.36. The molecule has 1 heterocycles. The highest BCUT2D eigenvalue weighted by Crippen LogP contribution is 2.18. The van der Waals surface area contributed by atoms with Crippen molar-refractivity contribution in [3.63, 3.8) is 0 Å². The van der Waals surface area contributed by atoms with Crippen molar-refractivity contribution in [2.45, 2.75) is 13.0 Å². The Labute approximate surface area is 180 Å². The van der Waals surface area contributed by atoms with Gasteiger partial charge in [-0.3, -0.25) is 9.59 Å². The first-order valence-corrected chi connectivity index (χ1v) is 10.0. The van der Waals surface area contributed by atoms with Crippen molar-refractivity contribution < 1.29 is 14.3 Å². The fourth-order valence-corrected chi connectivity index (χ4v) is 3.36. The molecule has 0 radical (unpaired) electrons. The first-order valence-electron chi connectivity index (χ1n) is 10.0. The van der Waals surface area contributed by atoms with Crippen molar-refractivity contribution in [2.24, 2.45) is 0 Å². The number of carbonyl (C=O) groups excluding carboxylic acids is 2. The Bertz CT molecular complexity index is 1190. The highest BCUT2D eigenvalue weighted by molar-refractivity contribution is 6.04. The first kappa shape index (κ1) is 20.2. The summed E-state index contributed by atoms with van der Waals surface area (Å²) in [5.41, 5.74) is 2.96. The van der Waals surface area contributed by atoms with Gasteiger partial charge in [-0.2, -0.15) is 0 Å². The highest BCUT2D eigenvalue weighted by Gasteiger charge is 2.08. The number of nitrogens with one attached hydrogen (secondary N) is 2. The van der Waals surface area contributed by atoms with E-state index in [1.165, 1.54) is 0 Å². The van der Waals surface area contributed by atoms with Gasteiger partial charge in [0, 0.05) is 41.6 Å². The van der Waals surface area contributed by atoms with Crippen LogP contribution in [0.25, 0.3) is 10.9 Å². The molecule has 0 spiro atoms. The van der Waals surface area contributed by atoms with Crippen molar-refractivity contribution in [1.82, 2.24) is 4.57 Å². The second kappa shape index (κ2) is 9.17. The van der Waals surface area contributed by atoms with Gasteiger partial charge in [0.25, 0.3) is 5.91 Å². The number of hydrogen-bond acceptors (Lipinski definition) is 3. The smallest absolute Gasteiger partial charge is 0.255 e. The average Bonchev–Trinajstić information content (AvgIpc) is 3.22. The lowest BCUT2D eigenvalue weighted by atomic mass is 10.2. The van der Waals surface area contributed by atoms with E-state index in [1.54, 1.807) is 55.6 Å². The van der Waals surface area contributed by atoms with E-state index in [1.807, 2.05) is 30.5 Å². The maximum absolute atomic E-state index is 12.4. The van der Waals surface area contributed by atoms with Crippen LogP contribution in [0.3, 0.4) is 0 Å². The number of carbonyl (C=O) groups is 2. The monoisotopic (exact) mass is 413 g/mol.